The fourth-order valence-electron chi connectivity index (χ4n) is 9.75. The topological polar surface area (TPSA) is 172 Å². The second kappa shape index (κ2) is 16.0. The van der Waals surface area contributed by atoms with Crippen LogP contribution in [0, 0.1) is 11.8 Å². The number of benzene rings is 2. The smallest absolute Gasteiger partial charge is 0.301 e. The third kappa shape index (κ3) is 7.70. The van der Waals surface area contributed by atoms with E-state index >= 15 is 8.78 Å². The molecule has 4 aliphatic heterocycles. The Bertz CT molecular complexity index is 2720. The summed E-state index contributed by atoms with van der Waals surface area (Å²) in [4.78, 5) is 67.5. The Hall–Kier alpha value is -5.88. The average Bonchev–Trinajstić information content (AvgIpc) is 4.08. The van der Waals surface area contributed by atoms with Gasteiger partial charge in [-0.2, -0.15) is 10.1 Å². The van der Waals surface area contributed by atoms with Crippen LogP contribution in [0.4, 0.5) is 31.9 Å². The van der Waals surface area contributed by atoms with Crippen LogP contribution < -0.4 is 31.1 Å². The van der Waals surface area contributed by atoms with E-state index in [1.54, 1.807) is 43.2 Å². The van der Waals surface area contributed by atoms with Gasteiger partial charge in [-0.15, -0.1) is 0 Å². The number of hydrogen-bond acceptors (Lipinski definition) is 12. The predicted octanol–water partition coefficient (Wildman–Crippen LogP) is 5.03. The van der Waals surface area contributed by atoms with Gasteiger partial charge in [0.1, 0.15) is 5.02 Å². The van der Waals surface area contributed by atoms with Crippen molar-refractivity contribution in [2.75, 3.05) is 68.0 Å². The van der Waals surface area contributed by atoms with Crippen LogP contribution in [-0.2, 0) is 23.7 Å². The van der Waals surface area contributed by atoms with E-state index in [-0.39, 0.29) is 41.5 Å². The largest absolute Gasteiger partial charge is 0.480 e. The number of carbonyl (C=O) groups excluding carboxylic acids is 3. The molecule has 7 heterocycles. The molecule has 2 unspecified atom stereocenters. The quantitative estimate of drug-likeness (QED) is 0.178. The van der Waals surface area contributed by atoms with Crippen molar-refractivity contribution >= 4 is 74.3 Å². The van der Waals surface area contributed by atoms with Gasteiger partial charge >= 0.3 is 5.92 Å². The molecule has 16 nitrogen and oxygen atoms in total. The SMILES string of the molecule is Cn1nc(C2CCC(=O)NC2=O)c2cccc(C(=O)N3CCN(CC4CCN(c5ncc(Cl)c(Nc6ccc7c(c6)c6c(c(=O)n7C)OCC(F)(F)C(C7CC7)N6)n5)CC4)CC3)c21. The fraction of sp³-hybridized carbons (Fsp3) is 0.477. The minimum absolute atomic E-state index is 0.0638. The number of halogens is 3. The molecule has 3 amide bonds. The first-order chi connectivity index (χ1) is 30.3. The van der Waals surface area contributed by atoms with Crippen LogP contribution in [0.3, 0.4) is 0 Å². The number of para-hydroxylation sites is 1. The summed E-state index contributed by atoms with van der Waals surface area (Å²) in [7, 11) is 3.38. The van der Waals surface area contributed by atoms with Gasteiger partial charge < -0.3 is 29.7 Å². The number of amides is 3. The monoisotopic (exact) mass is 883 g/mol. The number of imide groups is 1. The van der Waals surface area contributed by atoms with E-state index in [9.17, 15) is 19.2 Å². The van der Waals surface area contributed by atoms with Crippen molar-refractivity contribution < 1.29 is 27.9 Å². The van der Waals surface area contributed by atoms with Crippen molar-refractivity contribution in [3.05, 3.63) is 69.2 Å². The minimum Gasteiger partial charge on any atom is -0.480 e. The number of alkyl halides is 2. The molecule has 63 heavy (non-hydrogen) atoms. The molecular formula is C44H48ClF2N11O5. The number of aryl methyl sites for hydroxylation is 2. The molecule has 4 fully saturated rings. The number of pyridine rings is 1. The lowest BCUT2D eigenvalue weighted by Gasteiger charge is -2.39. The predicted molar refractivity (Wildman–Crippen MR) is 233 cm³/mol. The zero-order valence-corrected chi connectivity index (χ0v) is 35.8. The number of piperazine rings is 1. The highest BCUT2D eigenvalue weighted by molar-refractivity contribution is 6.33. The van der Waals surface area contributed by atoms with Gasteiger partial charge in [-0.25, -0.2) is 13.8 Å². The van der Waals surface area contributed by atoms with Crippen molar-refractivity contribution in [2.24, 2.45) is 25.9 Å². The van der Waals surface area contributed by atoms with Crippen molar-refractivity contribution in [1.82, 2.24) is 39.4 Å². The zero-order valence-electron chi connectivity index (χ0n) is 35.0. The molecule has 3 aromatic heterocycles. The van der Waals surface area contributed by atoms with E-state index in [1.807, 2.05) is 23.1 Å². The molecule has 1 saturated carbocycles. The molecule has 0 radical (unpaired) electrons. The molecule has 5 aliphatic rings. The normalized spacial score (nSPS) is 22.0. The number of hydrogen-bond donors (Lipinski definition) is 3. The summed E-state index contributed by atoms with van der Waals surface area (Å²) in [6.07, 6.45) is 5.47. The van der Waals surface area contributed by atoms with E-state index < -0.39 is 30.0 Å². The van der Waals surface area contributed by atoms with Crippen molar-refractivity contribution in [2.45, 2.75) is 56.4 Å². The van der Waals surface area contributed by atoms with Crippen molar-refractivity contribution in [3.63, 3.8) is 0 Å². The molecule has 0 bridgehead atoms. The Labute approximate surface area is 365 Å². The highest BCUT2D eigenvalue weighted by atomic mass is 35.5. The van der Waals surface area contributed by atoms with Gasteiger partial charge in [0, 0.05) is 82.8 Å². The van der Waals surface area contributed by atoms with Gasteiger partial charge in [0.15, 0.2) is 12.4 Å². The summed E-state index contributed by atoms with van der Waals surface area (Å²) in [5.41, 5.74) is 2.77. The van der Waals surface area contributed by atoms with Gasteiger partial charge in [-0.05, 0) is 68.2 Å². The van der Waals surface area contributed by atoms with Crippen LogP contribution >= 0.6 is 11.6 Å². The van der Waals surface area contributed by atoms with E-state index in [2.05, 4.69) is 35.8 Å². The second-order valence-electron chi connectivity index (χ2n) is 17.5. The van der Waals surface area contributed by atoms with Crippen LogP contribution in [0.15, 0.2) is 47.4 Å². The van der Waals surface area contributed by atoms with Crippen molar-refractivity contribution in [3.8, 4) is 5.75 Å². The van der Waals surface area contributed by atoms with Crippen LogP contribution in [-0.4, -0.2) is 116 Å². The number of aromatic nitrogens is 5. The lowest BCUT2D eigenvalue weighted by atomic mass is 9.92. The number of rotatable bonds is 8. The van der Waals surface area contributed by atoms with Crippen LogP contribution in [0.5, 0.6) is 5.75 Å². The number of carbonyl (C=O) groups is 3. The van der Waals surface area contributed by atoms with Gasteiger partial charge in [0.25, 0.3) is 11.5 Å². The van der Waals surface area contributed by atoms with E-state index in [0.717, 1.165) is 51.0 Å². The number of nitrogens with zero attached hydrogens (tertiary/aromatic N) is 8. The Balaban J connectivity index is 0.764. The average molecular weight is 884 g/mol. The van der Waals surface area contributed by atoms with E-state index in [0.29, 0.717) is 88.4 Å². The Morgan fingerprint density at radius 1 is 0.984 bits per heavy atom. The van der Waals surface area contributed by atoms with Crippen molar-refractivity contribution in [1.29, 1.82) is 0 Å². The molecule has 0 spiro atoms. The molecular weight excluding hydrogens is 836 g/mol. The maximum Gasteiger partial charge on any atom is 0.301 e. The summed E-state index contributed by atoms with van der Waals surface area (Å²) in [5.74, 6) is -3.30. The molecule has 2 aromatic carbocycles. The maximum atomic E-state index is 15.2. The second-order valence-corrected chi connectivity index (χ2v) is 17.9. The standard InChI is InChI=1S/C44H48ClF2N11O5/c1-54-32-10-8-26(20-30(32)35-37(42(54)62)63-23-44(46,47)38(51-35)25-6-7-25)49-39-31(45)21-48-43(52-39)58-14-12-24(13-15-58)22-56-16-18-57(19-17-56)41(61)29-5-3-4-27-34(53-55(2)36(27)29)28-9-11-33(59)50-40(28)60/h3-5,8,10,20-21,24-25,28,38,51H,6-7,9,11-19,22-23H2,1-2H3,(H,48,49,52)(H,50,59,60). The fourth-order valence-corrected chi connectivity index (χ4v) is 9.89. The first-order valence-electron chi connectivity index (χ1n) is 21.6. The first-order valence-corrected chi connectivity index (χ1v) is 22.0. The van der Waals surface area contributed by atoms with E-state index in [4.69, 9.17) is 21.3 Å². The van der Waals surface area contributed by atoms with Gasteiger partial charge in [-0.3, -0.25) is 34.1 Å². The Morgan fingerprint density at radius 3 is 2.51 bits per heavy atom. The van der Waals surface area contributed by atoms with Crippen LogP contribution in [0.1, 0.15) is 60.5 Å². The molecule has 1 aliphatic carbocycles. The third-order valence-electron chi connectivity index (χ3n) is 13.4. The summed E-state index contributed by atoms with van der Waals surface area (Å²) in [5, 5.41) is 15.0. The van der Waals surface area contributed by atoms with Gasteiger partial charge in [0.05, 0.1) is 46.1 Å². The Kier molecular flexibility index (Phi) is 10.5. The lowest BCUT2D eigenvalue weighted by Crippen LogP contribution is -2.50. The molecule has 19 heteroatoms. The number of piperidine rings is 2. The summed E-state index contributed by atoms with van der Waals surface area (Å²) < 4.78 is 38.9. The summed E-state index contributed by atoms with van der Waals surface area (Å²) in [6.45, 7) is 4.28. The van der Waals surface area contributed by atoms with Gasteiger partial charge in [-0.1, -0.05) is 23.7 Å². The Morgan fingerprint density at radius 2 is 1.76 bits per heavy atom. The number of fused-ring (bicyclic) bond motifs is 4. The highest BCUT2D eigenvalue weighted by Crippen LogP contribution is 2.46. The molecule has 3 saturated heterocycles. The highest BCUT2D eigenvalue weighted by Gasteiger charge is 2.51. The molecule has 10 rings (SSSR count). The van der Waals surface area contributed by atoms with Crippen LogP contribution in [0.25, 0.3) is 21.8 Å². The molecule has 5 aromatic rings. The molecule has 3 N–H and O–H groups in total. The minimum atomic E-state index is -3.14. The summed E-state index contributed by atoms with van der Waals surface area (Å²) in [6, 6.07) is 9.74. The lowest BCUT2D eigenvalue weighted by molar-refractivity contribution is -0.134. The number of ether oxygens (including phenoxy) is 1. The van der Waals surface area contributed by atoms with Crippen LogP contribution in [0.2, 0.25) is 5.02 Å². The zero-order chi connectivity index (χ0) is 43.7. The van der Waals surface area contributed by atoms with Gasteiger partial charge in [0.2, 0.25) is 23.5 Å². The number of anilines is 4. The number of nitrogens with one attached hydrogen (secondary N) is 3. The molecule has 330 valence electrons. The first kappa shape index (κ1) is 41.1. The summed E-state index contributed by atoms with van der Waals surface area (Å²) >= 11 is 6.62. The third-order valence-corrected chi connectivity index (χ3v) is 13.6. The maximum absolute atomic E-state index is 15.2. The molecule has 2 atom stereocenters. The van der Waals surface area contributed by atoms with E-state index in [1.165, 1.54) is 4.57 Å².